The van der Waals surface area contributed by atoms with Crippen molar-refractivity contribution in [2.45, 2.75) is 32.0 Å². The second-order valence-corrected chi connectivity index (χ2v) is 6.79. The smallest absolute Gasteiger partial charge is 0.254 e. The van der Waals surface area contributed by atoms with E-state index in [9.17, 15) is 4.79 Å². The summed E-state index contributed by atoms with van der Waals surface area (Å²) in [6.07, 6.45) is 3.49. The fraction of sp³-hybridized carbons (Fsp3) is 0.667. The lowest BCUT2D eigenvalue weighted by Crippen LogP contribution is -2.44. The molecule has 1 aromatic heterocycles. The number of ether oxygens (including phenoxy) is 2. The zero-order valence-corrected chi connectivity index (χ0v) is 15.1. The first-order valence-electron chi connectivity index (χ1n) is 9.05. The van der Waals surface area contributed by atoms with Crippen molar-refractivity contribution >= 4 is 17.4 Å². The van der Waals surface area contributed by atoms with E-state index in [1.54, 1.807) is 6.92 Å². The zero-order chi connectivity index (χ0) is 17.6. The Bertz CT molecular complexity index is 552. The Hall–Kier alpha value is -1.70. The number of hydrogen-bond donors (Lipinski definition) is 1. The van der Waals surface area contributed by atoms with Crippen molar-refractivity contribution in [3.63, 3.8) is 0 Å². The van der Waals surface area contributed by atoms with Crippen LogP contribution in [0.15, 0.2) is 18.3 Å². The largest absolute Gasteiger partial charge is 0.376 e. The summed E-state index contributed by atoms with van der Waals surface area (Å²) in [5, 5.41) is 2.81. The first kappa shape index (κ1) is 18.1. The van der Waals surface area contributed by atoms with E-state index in [0.717, 1.165) is 51.3 Å². The number of rotatable bonds is 6. The van der Waals surface area contributed by atoms with Gasteiger partial charge in [-0.1, -0.05) is 0 Å². The number of amides is 1. The van der Waals surface area contributed by atoms with E-state index >= 15 is 0 Å². The second-order valence-electron chi connectivity index (χ2n) is 6.79. The molecule has 7 nitrogen and oxygen atoms in total. The minimum atomic E-state index is -0.525. The Morgan fingerprint density at radius 1 is 1.40 bits per heavy atom. The van der Waals surface area contributed by atoms with Crippen molar-refractivity contribution in [3.8, 4) is 0 Å². The number of pyridine rings is 1. The SMILES string of the molecule is C[C@@H](OC[C@H]1CCCO1)C(=O)Nc1ccc(N2CCN(C)CC2)cn1. The Kier molecular flexibility index (Phi) is 6.23. The maximum Gasteiger partial charge on any atom is 0.254 e. The van der Waals surface area contributed by atoms with Crippen LogP contribution in [-0.4, -0.2) is 74.4 Å². The van der Waals surface area contributed by atoms with Gasteiger partial charge in [-0.25, -0.2) is 4.98 Å². The topological polar surface area (TPSA) is 66.9 Å². The highest BCUT2D eigenvalue weighted by molar-refractivity contribution is 5.93. The summed E-state index contributed by atoms with van der Waals surface area (Å²) >= 11 is 0. The average molecular weight is 348 g/mol. The lowest BCUT2D eigenvalue weighted by atomic mass is 10.2. The average Bonchev–Trinajstić information content (AvgIpc) is 3.14. The van der Waals surface area contributed by atoms with Gasteiger partial charge in [0.1, 0.15) is 11.9 Å². The molecule has 2 aliphatic rings. The van der Waals surface area contributed by atoms with Crippen LogP contribution in [0.5, 0.6) is 0 Å². The molecule has 0 aromatic carbocycles. The first-order valence-corrected chi connectivity index (χ1v) is 9.05. The number of anilines is 2. The molecule has 25 heavy (non-hydrogen) atoms. The van der Waals surface area contributed by atoms with Crippen molar-refractivity contribution in [1.29, 1.82) is 0 Å². The molecular weight excluding hydrogens is 320 g/mol. The van der Waals surface area contributed by atoms with Crippen molar-refractivity contribution in [3.05, 3.63) is 18.3 Å². The number of carbonyl (C=O) groups excluding carboxylic acids is 1. The molecule has 7 heteroatoms. The molecule has 2 atom stereocenters. The van der Waals surface area contributed by atoms with E-state index in [1.165, 1.54) is 0 Å². The van der Waals surface area contributed by atoms with E-state index in [4.69, 9.17) is 9.47 Å². The maximum atomic E-state index is 12.2. The number of carbonyl (C=O) groups is 1. The number of likely N-dealkylation sites (N-methyl/N-ethyl adjacent to an activating group) is 1. The van der Waals surface area contributed by atoms with E-state index < -0.39 is 6.10 Å². The van der Waals surface area contributed by atoms with Gasteiger partial charge in [0.25, 0.3) is 5.91 Å². The molecule has 1 aromatic rings. The lowest BCUT2D eigenvalue weighted by molar-refractivity contribution is -0.128. The normalized spacial score (nSPS) is 22.8. The molecule has 2 fully saturated rings. The van der Waals surface area contributed by atoms with Gasteiger partial charge < -0.3 is 24.6 Å². The maximum absolute atomic E-state index is 12.2. The Morgan fingerprint density at radius 2 is 2.20 bits per heavy atom. The molecule has 0 spiro atoms. The lowest BCUT2D eigenvalue weighted by Gasteiger charge is -2.33. The van der Waals surface area contributed by atoms with Crippen LogP contribution in [0.25, 0.3) is 0 Å². The number of aromatic nitrogens is 1. The summed E-state index contributed by atoms with van der Waals surface area (Å²) in [7, 11) is 2.14. The summed E-state index contributed by atoms with van der Waals surface area (Å²) in [6.45, 7) is 7.11. The van der Waals surface area contributed by atoms with E-state index in [2.05, 4.69) is 27.1 Å². The van der Waals surface area contributed by atoms with Gasteiger partial charge in [0, 0.05) is 32.8 Å². The first-order chi connectivity index (χ1) is 12.1. The summed E-state index contributed by atoms with van der Waals surface area (Å²) < 4.78 is 11.1. The standard InChI is InChI=1S/C18H28N4O3/c1-14(25-13-16-4-3-11-24-16)18(23)20-17-6-5-15(12-19-17)22-9-7-21(2)8-10-22/h5-6,12,14,16H,3-4,7-11,13H2,1-2H3,(H,19,20,23)/t14-,16-/m1/s1. The Labute approximate surface area is 149 Å². The molecule has 1 N–H and O–H groups in total. The van der Waals surface area contributed by atoms with Crippen molar-refractivity contribution in [1.82, 2.24) is 9.88 Å². The molecule has 0 aliphatic carbocycles. The Balaban J connectivity index is 1.46. The van der Waals surface area contributed by atoms with Crippen molar-refractivity contribution in [2.24, 2.45) is 0 Å². The van der Waals surface area contributed by atoms with Gasteiger partial charge in [-0.3, -0.25) is 4.79 Å². The van der Waals surface area contributed by atoms with E-state index in [1.807, 2.05) is 18.3 Å². The number of hydrogen-bond acceptors (Lipinski definition) is 6. The molecule has 0 saturated carbocycles. The highest BCUT2D eigenvalue weighted by atomic mass is 16.5. The third kappa shape index (κ3) is 5.14. The van der Waals surface area contributed by atoms with Gasteiger partial charge in [0.05, 0.1) is 24.6 Å². The van der Waals surface area contributed by atoms with Gasteiger partial charge in [0.15, 0.2) is 0 Å². The van der Waals surface area contributed by atoms with Crippen LogP contribution in [0.2, 0.25) is 0 Å². The summed E-state index contributed by atoms with van der Waals surface area (Å²) in [5.41, 5.74) is 1.09. The van der Waals surface area contributed by atoms with Gasteiger partial charge in [-0.05, 0) is 38.9 Å². The van der Waals surface area contributed by atoms with Gasteiger partial charge >= 0.3 is 0 Å². The molecule has 2 saturated heterocycles. The van der Waals surface area contributed by atoms with Gasteiger partial charge in [-0.2, -0.15) is 0 Å². The molecule has 0 radical (unpaired) electrons. The number of nitrogens with zero attached hydrogens (tertiary/aromatic N) is 3. The van der Waals surface area contributed by atoms with Crippen LogP contribution in [-0.2, 0) is 14.3 Å². The third-order valence-corrected chi connectivity index (χ3v) is 4.79. The quantitative estimate of drug-likeness (QED) is 0.837. The van der Waals surface area contributed by atoms with Gasteiger partial charge in [0.2, 0.25) is 0 Å². The molecule has 1 amide bonds. The minimum Gasteiger partial charge on any atom is -0.376 e. The van der Waals surface area contributed by atoms with Gasteiger partial charge in [-0.15, -0.1) is 0 Å². The summed E-state index contributed by atoms with van der Waals surface area (Å²) in [5.74, 6) is 0.369. The molecular formula is C18H28N4O3. The Morgan fingerprint density at radius 3 is 2.84 bits per heavy atom. The monoisotopic (exact) mass is 348 g/mol. The predicted molar refractivity (Wildman–Crippen MR) is 97.0 cm³/mol. The second kappa shape index (κ2) is 8.60. The highest BCUT2D eigenvalue weighted by Gasteiger charge is 2.20. The number of nitrogens with one attached hydrogen (secondary N) is 1. The van der Waals surface area contributed by atoms with Crippen LogP contribution in [0.3, 0.4) is 0 Å². The molecule has 0 bridgehead atoms. The fourth-order valence-corrected chi connectivity index (χ4v) is 3.04. The molecule has 138 valence electrons. The van der Waals surface area contributed by atoms with Crippen molar-refractivity contribution in [2.75, 3.05) is 56.7 Å². The van der Waals surface area contributed by atoms with Crippen LogP contribution in [0.1, 0.15) is 19.8 Å². The highest BCUT2D eigenvalue weighted by Crippen LogP contribution is 2.17. The van der Waals surface area contributed by atoms with Crippen LogP contribution in [0.4, 0.5) is 11.5 Å². The molecule has 3 heterocycles. The van der Waals surface area contributed by atoms with E-state index in [-0.39, 0.29) is 12.0 Å². The van der Waals surface area contributed by atoms with Crippen LogP contribution in [0, 0.1) is 0 Å². The fourth-order valence-electron chi connectivity index (χ4n) is 3.04. The van der Waals surface area contributed by atoms with Crippen LogP contribution < -0.4 is 10.2 Å². The van der Waals surface area contributed by atoms with Crippen LogP contribution >= 0.6 is 0 Å². The number of piperazine rings is 1. The minimum absolute atomic E-state index is 0.122. The molecule has 2 aliphatic heterocycles. The van der Waals surface area contributed by atoms with E-state index in [0.29, 0.717) is 12.4 Å². The molecule has 3 rings (SSSR count). The molecule has 0 unspecified atom stereocenters. The zero-order valence-electron chi connectivity index (χ0n) is 15.1. The summed E-state index contributed by atoms with van der Waals surface area (Å²) in [4.78, 5) is 21.2. The summed E-state index contributed by atoms with van der Waals surface area (Å²) in [6, 6.07) is 3.85. The van der Waals surface area contributed by atoms with Crippen molar-refractivity contribution < 1.29 is 14.3 Å². The third-order valence-electron chi connectivity index (χ3n) is 4.79. The predicted octanol–water partition coefficient (Wildman–Crippen LogP) is 1.36.